The average Bonchev–Trinajstić information content (AvgIpc) is 2.46. The van der Waals surface area contributed by atoms with Gasteiger partial charge < -0.3 is 19.7 Å². The highest BCUT2D eigenvalue weighted by molar-refractivity contribution is 5.94. The topological polar surface area (TPSA) is 67.9 Å². The predicted molar refractivity (Wildman–Crippen MR) is 78.5 cm³/mol. The Kier molecular flexibility index (Phi) is 4.81. The Morgan fingerprint density at radius 1 is 1.33 bits per heavy atom. The number of hydrogen-bond donors (Lipinski definition) is 1. The summed E-state index contributed by atoms with van der Waals surface area (Å²) in [5.74, 6) is 0.820. The molecule has 1 aromatic rings. The number of carbonyl (C=O) groups is 2. The molecular formula is C15H18N2O4. The maximum absolute atomic E-state index is 12.0. The fourth-order valence-electron chi connectivity index (χ4n) is 1.96. The number of carbonyl (C=O) groups excluding carboxylic acids is 2. The van der Waals surface area contributed by atoms with Crippen molar-refractivity contribution in [1.29, 1.82) is 0 Å². The van der Waals surface area contributed by atoms with Gasteiger partial charge in [0.2, 0.25) is 11.8 Å². The minimum Gasteiger partial charge on any atom is -0.486 e. The molecular weight excluding hydrogens is 272 g/mol. The molecule has 6 heteroatoms. The molecule has 0 saturated carbocycles. The van der Waals surface area contributed by atoms with E-state index in [0.717, 1.165) is 0 Å². The van der Waals surface area contributed by atoms with E-state index >= 15 is 0 Å². The third-order valence-corrected chi connectivity index (χ3v) is 2.96. The molecule has 0 radical (unpaired) electrons. The molecule has 0 atom stereocenters. The van der Waals surface area contributed by atoms with Crippen molar-refractivity contribution < 1.29 is 19.1 Å². The van der Waals surface area contributed by atoms with E-state index in [-0.39, 0.29) is 18.4 Å². The number of ether oxygens (including phenoxy) is 2. The second-order valence-electron chi connectivity index (χ2n) is 4.59. The van der Waals surface area contributed by atoms with E-state index in [0.29, 0.717) is 36.9 Å². The van der Waals surface area contributed by atoms with Crippen LogP contribution in [-0.4, -0.2) is 43.0 Å². The summed E-state index contributed by atoms with van der Waals surface area (Å²) in [6.45, 7) is 6.31. The molecule has 1 N–H and O–H groups in total. The largest absolute Gasteiger partial charge is 0.486 e. The van der Waals surface area contributed by atoms with E-state index in [1.165, 1.54) is 11.8 Å². The van der Waals surface area contributed by atoms with Crippen molar-refractivity contribution in [2.75, 3.05) is 31.6 Å². The molecule has 0 aromatic heterocycles. The van der Waals surface area contributed by atoms with Crippen molar-refractivity contribution >= 4 is 17.5 Å². The summed E-state index contributed by atoms with van der Waals surface area (Å²) < 4.78 is 10.9. The van der Waals surface area contributed by atoms with E-state index in [1.54, 1.807) is 24.3 Å². The van der Waals surface area contributed by atoms with Crippen LogP contribution >= 0.6 is 0 Å². The van der Waals surface area contributed by atoms with Gasteiger partial charge in [0.05, 0.1) is 0 Å². The van der Waals surface area contributed by atoms with Gasteiger partial charge in [0.25, 0.3) is 0 Å². The van der Waals surface area contributed by atoms with E-state index in [9.17, 15) is 9.59 Å². The van der Waals surface area contributed by atoms with E-state index in [2.05, 4.69) is 11.9 Å². The normalized spacial score (nSPS) is 12.4. The molecule has 2 rings (SSSR count). The standard InChI is InChI=1S/C15H18N2O4/c1-3-6-17(11(2)18)10-15(19)16-12-4-5-13-14(9-12)21-8-7-20-13/h3-5,9H,1,6-8,10H2,2H3,(H,16,19). The molecule has 6 nitrogen and oxygen atoms in total. The molecule has 21 heavy (non-hydrogen) atoms. The van der Waals surface area contributed by atoms with Gasteiger partial charge in [-0.25, -0.2) is 0 Å². The highest BCUT2D eigenvalue weighted by atomic mass is 16.6. The number of benzene rings is 1. The minimum absolute atomic E-state index is 0.0181. The van der Waals surface area contributed by atoms with Crippen LogP contribution in [0.2, 0.25) is 0 Å². The van der Waals surface area contributed by atoms with Crippen molar-refractivity contribution in [2.24, 2.45) is 0 Å². The first-order chi connectivity index (χ1) is 10.1. The predicted octanol–water partition coefficient (Wildman–Crippen LogP) is 1.43. The van der Waals surface area contributed by atoms with Crippen LogP contribution in [0.15, 0.2) is 30.9 Å². The Hall–Kier alpha value is -2.50. The van der Waals surface area contributed by atoms with Gasteiger partial charge in [0.1, 0.15) is 19.8 Å². The lowest BCUT2D eigenvalue weighted by atomic mass is 10.2. The molecule has 0 unspecified atom stereocenters. The molecule has 1 heterocycles. The van der Waals surface area contributed by atoms with Crippen LogP contribution in [0.5, 0.6) is 11.5 Å². The monoisotopic (exact) mass is 290 g/mol. The summed E-state index contributed by atoms with van der Waals surface area (Å²) in [5, 5.41) is 2.73. The van der Waals surface area contributed by atoms with E-state index < -0.39 is 0 Å². The fraction of sp³-hybridized carbons (Fsp3) is 0.333. The maximum atomic E-state index is 12.0. The Labute approximate surface area is 123 Å². The number of amides is 2. The van der Waals surface area contributed by atoms with Gasteiger partial charge in [-0.15, -0.1) is 6.58 Å². The Morgan fingerprint density at radius 3 is 2.71 bits per heavy atom. The second kappa shape index (κ2) is 6.78. The molecule has 1 aromatic carbocycles. The number of fused-ring (bicyclic) bond motifs is 1. The third kappa shape index (κ3) is 3.98. The van der Waals surface area contributed by atoms with Crippen LogP contribution in [0.3, 0.4) is 0 Å². The molecule has 0 spiro atoms. The average molecular weight is 290 g/mol. The van der Waals surface area contributed by atoms with E-state index in [1.807, 2.05) is 0 Å². The van der Waals surface area contributed by atoms with Gasteiger partial charge in [-0.3, -0.25) is 9.59 Å². The molecule has 112 valence electrons. The Bertz CT molecular complexity index is 557. The lowest BCUT2D eigenvalue weighted by Gasteiger charge is -2.20. The van der Waals surface area contributed by atoms with Crippen LogP contribution in [0, 0.1) is 0 Å². The summed E-state index contributed by atoms with van der Waals surface area (Å²) in [6.07, 6.45) is 1.58. The highest BCUT2D eigenvalue weighted by Crippen LogP contribution is 2.32. The molecule has 0 saturated heterocycles. The van der Waals surface area contributed by atoms with Gasteiger partial charge >= 0.3 is 0 Å². The quantitative estimate of drug-likeness (QED) is 0.833. The van der Waals surface area contributed by atoms with Crippen molar-refractivity contribution in [2.45, 2.75) is 6.92 Å². The third-order valence-electron chi connectivity index (χ3n) is 2.96. The van der Waals surface area contributed by atoms with Gasteiger partial charge in [-0.2, -0.15) is 0 Å². The highest BCUT2D eigenvalue weighted by Gasteiger charge is 2.15. The second-order valence-corrected chi connectivity index (χ2v) is 4.59. The first-order valence-corrected chi connectivity index (χ1v) is 6.66. The van der Waals surface area contributed by atoms with E-state index in [4.69, 9.17) is 9.47 Å². The fourth-order valence-corrected chi connectivity index (χ4v) is 1.96. The van der Waals surface area contributed by atoms with Crippen LogP contribution in [0.1, 0.15) is 6.92 Å². The summed E-state index contributed by atoms with van der Waals surface area (Å²) in [4.78, 5) is 24.7. The summed E-state index contributed by atoms with van der Waals surface area (Å²) in [6, 6.07) is 5.19. The SMILES string of the molecule is C=CCN(CC(=O)Nc1ccc2c(c1)OCCO2)C(C)=O. The number of rotatable bonds is 5. The van der Waals surface area contributed by atoms with Gasteiger partial charge in [-0.05, 0) is 12.1 Å². The van der Waals surface area contributed by atoms with Crippen molar-refractivity contribution in [3.05, 3.63) is 30.9 Å². The number of nitrogens with zero attached hydrogens (tertiary/aromatic N) is 1. The van der Waals surface area contributed by atoms with Crippen molar-refractivity contribution in [3.63, 3.8) is 0 Å². The molecule has 1 aliphatic rings. The molecule has 2 amide bonds. The summed E-state index contributed by atoms with van der Waals surface area (Å²) in [7, 11) is 0. The van der Waals surface area contributed by atoms with Crippen LogP contribution in [0.4, 0.5) is 5.69 Å². The first kappa shape index (κ1) is 14.9. The number of anilines is 1. The summed E-state index contributed by atoms with van der Waals surface area (Å²) in [5.41, 5.74) is 0.603. The maximum Gasteiger partial charge on any atom is 0.244 e. The van der Waals surface area contributed by atoms with Gasteiger partial charge in [-0.1, -0.05) is 6.08 Å². The van der Waals surface area contributed by atoms with Crippen molar-refractivity contribution in [1.82, 2.24) is 4.90 Å². The number of hydrogen-bond acceptors (Lipinski definition) is 4. The lowest BCUT2D eigenvalue weighted by molar-refractivity contribution is -0.132. The van der Waals surface area contributed by atoms with Crippen LogP contribution in [0.25, 0.3) is 0 Å². The zero-order valence-corrected chi connectivity index (χ0v) is 11.9. The summed E-state index contributed by atoms with van der Waals surface area (Å²) >= 11 is 0. The smallest absolute Gasteiger partial charge is 0.244 e. The zero-order valence-electron chi connectivity index (χ0n) is 11.9. The van der Waals surface area contributed by atoms with Crippen LogP contribution in [-0.2, 0) is 9.59 Å². The zero-order chi connectivity index (χ0) is 15.2. The minimum atomic E-state index is -0.274. The molecule has 0 aliphatic carbocycles. The molecule has 0 fully saturated rings. The van der Waals surface area contributed by atoms with Gasteiger partial charge in [0.15, 0.2) is 11.5 Å². The lowest BCUT2D eigenvalue weighted by Crippen LogP contribution is -2.36. The first-order valence-electron chi connectivity index (χ1n) is 6.66. The number of nitrogens with one attached hydrogen (secondary N) is 1. The van der Waals surface area contributed by atoms with Crippen LogP contribution < -0.4 is 14.8 Å². The molecule has 1 aliphatic heterocycles. The van der Waals surface area contributed by atoms with Crippen molar-refractivity contribution in [3.8, 4) is 11.5 Å². The Morgan fingerprint density at radius 2 is 2.05 bits per heavy atom. The Balaban J connectivity index is 1.99. The molecule has 0 bridgehead atoms. The van der Waals surface area contributed by atoms with Gasteiger partial charge in [0, 0.05) is 25.2 Å².